The van der Waals surface area contributed by atoms with E-state index in [-0.39, 0.29) is 17.7 Å². The van der Waals surface area contributed by atoms with E-state index in [1.165, 1.54) is 18.5 Å². The van der Waals surface area contributed by atoms with E-state index in [2.05, 4.69) is 9.88 Å². The first-order chi connectivity index (χ1) is 8.58. The Morgan fingerprint density at radius 3 is 3.00 bits per heavy atom. The molecule has 98 valence electrons. The molecule has 1 unspecified atom stereocenters. The van der Waals surface area contributed by atoms with Gasteiger partial charge in [0.1, 0.15) is 5.75 Å². The number of carbonyl (C=O) groups is 1. The molecule has 2 rings (SSSR count). The molecule has 0 saturated carbocycles. The third kappa shape index (κ3) is 2.79. The number of carbonyl (C=O) groups excluding carboxylic acids is 1. The largest absolute Gasteiger partial charge is 0.506 e. The summed E-state index contributed by atoms with van der Waals surface area (Å²) >= 11 is 0. The van der Waals surface area contributed by atoms with Gasteiger partial charge in [0.15, 0.2) is 0 Å². The van der Waals surface area contributed by atoms with Crippen LogP contribution in [0.5, 0.6) is 5.75 Å². The van der Waals surface area contributed by atoms with E-state index in [1.54, 1.807) is 0 Å². The minimum absolute atomic E-state index is 0.0317. The van der Waals surface area contributed by atoms with E-state index in [9.17, 15) is 9.90 Å². The molecule has 2 heterocycles. The molecule has 1 aromatic rings. The molecular weight excluding hydrogens is 230 g/mol. The van der Waals surface area contributed by atoms with E-state index in [1.807, 2.05) is 19.0 Å². The van der Waals surface area contributed by atoms with Crippen molar-refractivity contribution in [3.05, 3.63) is 24.0 Å². The molecule has 0 bridgehead atoms. The van der Waals surface area contributed by atoms with E-state index >= 15 is 0 Å². The van der Waals surface area contributed by atoms with Crippen LogP contribution in [0.2, 0.25) is 0 Å². The van der Waals surface area contributed by atoms with Crippen molar-refractivity contribution in [1.29, 1.82) is 0 Å². The zero-order valence-corrected chi connectivity index (χ0v) is 10.8. The zero-order chi connectivity index (χ0) is 13.1. The minimum Gasteiger partial charge on any atom is -0.506 e. The van der Waals surface area contributed by atoms with Crippen LogP contribution in [0.4, 0.5) is 0 Å². The summed E-state index contributed by atoms with van der Waals surface area (Å²) < 4.78 is 0. The maximum atomic E-state index is 12.3. The second kappa shape index (κ2) is 5.35. The van der Waals surface area contributed by atoms with Crippen molar-refractivity contribution in [2.45, 2.75) is 18.9 Å². The normalized spacial score (nSPS) is 19.5. The summed E-state index contributed by atoms with van der Waals surface area (Å²) in [6.07, 6.45) is 4.91. The van der Waals surface area contributed by atoms with Crippen molar-refractivity contribution in [3.8, 4) is 5.75 Å². The number of hydrogen-bond acceptors (Lipinski definition) is 4. The van der Waals surface area contributed by atoms with Crippen LogP contribution in [0.3, 0.4) is 0 Å². The van der Waals surface area contributed by atoms with E-state index in [4.69, 9.17) is 0 Å². The first kappa shape index (κ1) is 12.8. The smallest absolute Gasteiger partial charge is 0.255 e. The zero-order valence-electron chi connectivity index (χ0n) is 10.8. The van der Waals surface area contributed by atoms with Gasteiger partial charge in [-0.1, -0.05) is 0 Å². The lowest BCUT2D eigenvalue weighted by atomic mass is 10.2. The van der Waals surface area contributed by atoms with Gasteiger partial charge in [-0.25, -0.2) is 0 Å². The highest BCUT2D eigenvalue weighted by molar-refractivity contribution is 5.94. The Balaban J connectivity index is 2.12. The second-order valence-corrected chi connectivity index (χ2v) is 4.99. The second-order valence-electron chi connectivity index (χ2n) is 4.99. The topological polar surface area (TPSA) is 56.7 Å². The van der Waals surface area contributed by atoms with Gasteiger partial charge in [0.05, 0.1) is 11.8 Å². The standard InChI is InChI=1S/C13H19N3O2/c1-15(2)9-11-4-3-5-16(11)13(18)10-6-12(17)8-14-7-10/h6-8,11,17H,3-5,9H2,1-2H3. The summed E-state index contributed by atoms with van der Waals surface area (Å²) in [6, 6.07) is 1.73. The molecule has 1 aliphatic heterocycles. The Hall–Kier alpha value is -1.62. The van der Waals surface area contributed by atoms with Crippen LogP contribution in [-0.2, 0) is 0 Å². The SMILES string of the molecule is CN(C)CC1CCCN1C(=O)c1cncc(O)c1. The average Bonchev–Trinajstić information content (AvgIpc) is 2.75. The van der Waals surface area contributed by atoms with Gasteiger partial charge in [-0.05, 0) is 33.0 Å². The maximum absolute atomic E-state index is 12.3. The first-order valence-electron chi connectivity index (χ1n) is 6.17. The number of pyridine rings is 1. The summed E-state index contributed by atoms with van der Waals surface area (Å²) in [4.78, 5) is 20.2. The van der Waals surface area contributed by atoms with Crippen LogP contribution < -0.4 is 0 Å². The molecule has 0 spiro atoms. The van der Waals surface area contributed by atoms with Gasteiger partial charge in [-0.2, -0.15) is 0 Å². The molecule has 1 fully saturated rings. The highest BCUT2D eigenvalue weighted by Crippen LogP contribution is 2.21. The van der Waals surface area contributed by atoms with Crippen molar-refractivity contribution in [3.63, 3.8) is 0 Å². The molecule has 1 amide bonds. The van der Waals surface area contributed by atoms with Gasteiger partial charge in [-0.3, -0.25) is 9.78 Å². The fourth-order valence-corrected chi connectivity index (χ4v) is 2.42. The van der Waals surface area contributed by atoms with Crippen LogP contribution in [0.1, 0.15) is 23.2 Å². The third-order valence-electron chi connectivity index (χ3n) is 3.18. The van der Waals surface area contributed by atoms with E-state index in [0.717, 1.165) is 25.9 Å². The Labute approximate surface area is 107 Å². The Kier molecular flexibility index (Phi) is 3.81. The van der Waals surface area contributed by atoms with Crippen LogP contribution in [-0.4, -0.2) is 59.0 Å². The lowest BCUT2D eigenvalue weighted by Gasteiger charge is -2.27. The summed E-state index contributed by atoms with van der Waals surface area (Å²) in [5.74, 6) is -0.00745. The molecule has 1 atom stereocenters. The lowest BCUT2D eigenvalue weighted by molar-refractivity contribution is 0.0715. The van der Waals surface area contributed by atoms with Crippen molar-refractivity contribution >= 4 is 5.91 Å². The number of rotatable bonds is 3. The van der Waals surface area contributed by atoms with E-state index in [0.29, 0.717) is 5.56 Å². The van der Waals surface area contributed by atoms with Gasteiger partial charge < -0.3 is 14.9 Å². The number of likely N-dealkylation sites (tertiary alicyclic amines) is 1. The fourth-order valence-electron chi connectivity index (χ4n) is 2.42. The number of amides is 1. The van der Waals surface area contributed by atoms with Gasteiger partial charge in [0.2, 0.25) is 0 Å². The molecule has 1 aliphatic rings. The van der Waals surface area contributed by atoms with Crippen molar-refractivity contribution < 1.29 is 9.90 Å². The van der Waals surface area contributed by atoms with Gasteiger partial charge >= 0.3 is 0 Å². The highest BCUT2D eigenvalue weighted by Gasteiger charge is 2.29. The summed E-state index contributed by atoms with van der Waals surface area (Å²) in [5, 5.41) is 9.37. The molecule has 1 aromatic heterocycles. The van der Waals surface area contributed by atoms with Crippen LogP contribution in [0.15, 0.2) is 18.5 Å². The molecule has 5 heteroatoms. The molecular formula is C13H19N3O2. The predicted molar refractivity (Wildman–Crippen MR) is 68.5 cm³/mol. The van der Waals surface area contributed by atoms with Crippen LogP contribution >= 0.6 is 0 Å². The predicted octanol–water partition coefficient (Wildman–Crippen LogP) is 0.953. The summed E-state index contributed by atoms with van der Waals surface area (Å²) in [7, 11) is 4.02. The third-order valence-corrected chi connectivity index (χ3v) is 3.18. The van der Waals surface area contributed by atoms with Gasteiger partial charge in [0.25, 0.3) is 5.91 Å². The Morgan fingerprint density at radius 2 is 2.33 bits per heavy atom. The number of hydrogen-bond donors (Lipinski definition) is 1. The molecule has 1 N–H and O–H groups in total. The quantitative estimate of drug-likeness (QED) is 0.866. The van der Waals surface area contributed by atoms with Crippen molar-refractivity contribution in [2.75, 3.05) is 27.2 Å². The van der Waals surface area contributed by atoms with Crippen LogP contribution in [0.25, 0.3) is 0 Å². The number of likely N-dealkylation sites (N-methyl/N-ethyl adjacent to an activating group) is 1. The molecule has 5 nitrogen and oxygen atoms in total. The summed E-state index contributed by atoms with van der Waals surface area (Å²) in [6.45, 7) is 1.66. The molecule has 18 heavy (non-hydrogen) atoms. The van der Waals surface area contributed by atoms with Crippen molar-refractivity contribution in [1.82, 2.24) is 14.8 Å². The molecule has 0 radical (unpaired) electrons. The molecule has 0 aliphatic carbocycles. The Morgan fingerprint density at radius 1 is 1.56 bits per heavy atom. The van der Waals surface area contributed by atoms with Gasteiger partial charge in [0, 0.05) is 25.3 Å². The molecule has 0 aromatic carbocycles. The lowest BCUT2D eigenvalue weighted by Crippen LogP contribution is -2.41. The summed E-state index contributed by atoms with van der Waals surface area (Å²) in [5.41, 5.74) is 0.459. The molecule has 1 saturated heterocycles. The van der Waals surface area contributed by atoms with E-state index < -0.39 is 0 Å². The average molecular weight is 249 g/mol. The minimum atomic E-state index is -0.0391. The number of aromatic nitrogens is 1. The first-order valence-corrected chi connectivity index (χ1v) is 6.17. The number of nitrogens with zero attached hydrogens (tertiary/aromatic N) is 3. The number of aromatic hydroxyl groups is 1. The maximum Gasteiger partial charge on any atom is 0.255 e. The van der Waals surface area contributed by atoms with Crippen molar-refractivity contribution in [2.24, 2.45) is 0 Å². The monoisotopic (exact) mass is 249 g/mol. The fraction of sp³-hybridized carbons (Fsp3) is 0.538. The Bertz CT molecular complexity index is 434. The van der Waals surface area contributed by atoms with Gasteiger partial charge in [-0.15, -0.1) is 0 Å². The highest BCUT2D eigenvalue weighted by atomic mass is 16.3. The van der Waals surface area contributed by atoms with Crippen LogP contribution in [0, 0.1) is 0 Å².